The largest absolute Gasteiger partial charge is 0.472 e. The number of imidazole rings is 1. The first-order valence-corrected chi connectivity index (χ1v) is 4.46. The van der Waals surface area contributed by atoms with E-state index in [2.05, 4.69) is 15.3 Å². The smallest absolute Gasteiger partial charge is 0.426 e. The minimum atomic E-state index is -1.56. The number of carbonyl (C=O) groups is 1. The third kappa shape index (κ3) is 4.11. The van der Waals surface area contributed by atoms with Crippen LogP contribution in [0, 0.1) is 0 Å². The topological polar surface area (TPSA) is 124 Å². The van der Waals surface area contributed by atoms with Crippen molar-refractivity contribution >= 4 is 13.0 Å². The molecule has 0 aliphatic heterocycles. The number of H-pyrrole nitrogens is 1. The number of aromatic nitrogens is 2. The molecule has 82 valence electrons. The maximum absolute atomic E-state index is 11.3. The van der Waals surface area contributed by atoms with Gasteiger partial charge in [-0.2, -0.15) is 0 Å². The third-order valence-corrected chi connectivity index (χ3v) is 1.79. The van der Waals surface area contributed by atoms with Crippen molar-refractivity contribution in [2.24, 2.45) is 5.73 Å². The highest BCUT2D eigenvalue weighted by Gasteiger charge is 2.16. The molecule has 1 aromatic rings. The van der Waals surface area contributed by atoms with E-state index in [0.29, 0.717) is 6.42 Å². The van der Waals surface area contributed by atoms with E-state index in [0.717, 1.165) is 5.69 Å². The number of nitrogens with two attached hydrogens (primary N) is 1. The molecule has 0 aliphatic rings. The Morgan fingerprint density at radius 3 is 3.00 bits per heavy atom. The summed E-state index contributed by atoms with van der Waals surface area (Å²) < 4.78 is 0. The highest BCUT2D eigenvalue weighted by Crippen LogP contribution is 1.95. The molecule has 0 aromatic carbocycles. The first-order chi connectivity index (χ1) is 7.09. The molecule has 8 heteroatoms. The molecule has 1 rings (SSSR count). The van der Waals surface area contributed by atoms with Crippen LogP contribution in [-0.2, 0) is 11.2 Å². The van der Waals surface area contributed by atoms with E-state index in [4.69, 9.17) is 15.8 Å². The fraction of sp³-hybridized carbons (Fsp3) is 0.429. The van der Waals surface area contributed by atoms with Gasteiger partial charge < -0.3 is 26.1 Å². The molecule has 1 heterocycles. The Labute approximate surface area is 86.9 Å². The second kappa shape index (κ2) is 5.49. The van der Waals surface area contributed by atoms with Crippen LogP contribution >= 0.6 is 0 Å². The molecule has 0 saturated carbocycles. The van der Waals surface area contributed by atoms with E-state index >= 15 is 0 Å². The number of hydrogen-bond donors (Lipinski definition) is 5. The summed E-state index contributed by atoms with van der Waals surface area (Å²) in [7, 11) is -1.56. The van der Waals surface area contributed by atoms with Crippen LogP contribution in [0.2, 0.25) is 0 Å². The summed E-state index contributed by atoms with van der Waals surface area (Å²) in [5, 5.41) is 19.3. The minimum Gasteiger partial charge on any atom is -0.426 e. The molecule has 15 heavy (non-hydrogen) atoms. The maximum Gasteiger partial charge on any atom is 0.472 e. The predicted molar refractivity (Wildman–Crippen MR) is 53.5 cm³/mol. The lowest BCUT2D eigenvalue weighted by Gasteiger charge is -2.10. The van der Waals surface area contributed by atoms with Crippen molar-refractivity contribution in [1.82, 2.24) is 15.3 Å². The summed E-state index contributed by atoms with van der Waals surface area (Å²) in [5.74, 6) is -0.433. The molecule has 7 nitrogen and oxygen atoms in total. The van der Waals surface area contributed by atoms with Crippen molar-refractivity contribution in [3.8, 4) is 0 Å². The average molecular weight is 212 g/mol. The monoisotopic (exact) mass is 212 g/mol. The van der Waals surface area contributed by atoms with E-state index in [-0.39, 0.29) is 6.44 Å². The summed E-state index contributed by atoms with van der Waals surface area (Å²) in [4.78, 5) is 17.9. The van der Waals surface area contributed by atoms with Gasteiger partial charge in [0.1, 0.15) is 0 Å². The minimum absolute atomic E-state index is 0.227. The lowest BCUT2D eigenvalue weighted by atomic mass is 9.92. The van der Waals surface area contributed by atoms with Crippen LogP contribution in [0.5, 0.6) is 0 Å². The predicted octanol–water partition coefficient (Wildman–Crippen LogP) is -2.59. The second-order valence-corrected chi connectivity index (χ2v) is 3.11. The van der Waals surface area contributed by atoms with E-state index in [9.17, 15) is 4.79 Å². The quantitative estimate of drug-likeness (QED) is 0.342. The zero-order valence-corrected chi connectivity index (χ0v) is 8.05. The zero-order valence-electron chi connectivity index (χ0n) is 8.05. The van der Waals surface area contributed by atoms with Crippen LogP contribution in [0.1, 0.15) is 5.69 Å². The molecule has 0 unspecified atom stereocenters. The SMILES string of the molecule is N[C@@H](Cc1cnc[nH]1)C(=O)NCB(O)O. The third-order valence-electron chi connectivity index (χ3n) is 1.79. The maximum atomic E-state index is 11.3. The van der Waals surface area contributed by atoms with Gasteiger partial charge in [0.2, 0.25) is 5.91 Å². The van der Waals surface area contributed by atoms with Gasteiger partial charge in [0.25, 0.3) is 0 Å². The van der Waals surface area contributed by atoms with Crippen LogP contribution in [0.3, 0.4) is 0 Å². The molecule has 1 amide bonds. The highest BCUT2D eigenvalue weighted by molar-refractivity contribution is 6.41. The molecule has 0 aliphatic carbocycles. The van der Waals surface area contributed by atoms with Gasteiger partial charge in [-0.25, -0.2) is 4.98 Å². The Balaban J connectivity index is 2.33. The Bertz CT molecular complexity index is 303. The van der Waals surface area contributed by atoms with Crippen molar-refractivity contribution < 1.29 is 14.8 Å². The van der Waals surface area contributed by atoms with E-state index in [1.165, 1.54) is 6.33 Å². The molecule has 1 aromatic heterocycles. The molecule has 6 N–H and O–H groups in total. The van der Waals surface area contributed by atoms with Crippen LogP contribution in [0.15, 0.2) is 12.5 Å². The zero-order chi connectivity index (χ0) is 11.3. The highest BCUT2D eigenvalue weighted by atomic mass is 16.4. The summed E-state index contributed by atoms with van der Waals surface area (Å²) in [6.07, 6.45) is 3.17. The normalized spacial score (nSPS) is 12.2. The number of amides is 1. The van der Waals surface area contributed by atoms with Gasteiger partial charge in [-0.1, -0.05) is 0 Å². The van der Waals surface area contributed by atoms with Gasteiger partial charge in [0.15, 0.2) is 0 Å². The number of nitrogens with zero attached hydrogens (tertiary/aromatic N) is 1. The summed E-state index contributed by atoms with van der Waals surface area (Å²) in [5.41, 5.74) is 6.32. The average Bonchev–Trinajstić information content (AvgIpc) is 2.66. The first-order valence-electron chi connectivity index (χ1n) is 4.46. The molecule has 0 radical (unpaired) electrons. The molecular weight excluding hydrogens is 199 g/mol. The van der Waals surface area contributed by atoms with Gasteiger partial charge in [0, 0.05) is 18.3 Å². The number of aromatic amines is 1. The van der Waals surface area contributed by atoms with Crippen LogP contribution in [0.25, 0.3) is 0 Å². The van der Waals surface area contributed by atoms with E-state index in [1.807, 2.05) is 0 Å². The lowest BCUT2D eigenvalue weighted by Crippen LogP contribution is -2.45. The van der Waals surface area contributed by atoms with Crippen LogP contribution < -0.4 is 11.1 Å². The fourth-order valence-electron chi connectivity index (χ4n) is 1.05. The van der Waals surface area contributed by atoms with Gasteiger partial charge >= 0.3 is 7.12 Å². The van der Waals surface area contributed by atoms with Crippen LogP contribution in [0.4, 0.5) is 0 Å². The Hall–Kier alpha value is -1.38. The van der Waals surface area contributed by atoms with Crippen molar-refractivity contribution in [1.29, 1.82) is 0 Å². The molecule has 1 atom stereocenters. The van der Waals surface area contributed by atoms with Crippen molar-refractivity contribution in [3.05, 3.63) is 18.2 Å². The van der Waals surface area contributed by atoms with Crippen molar-refractivity contribution in [2.45, 2.75) is 12.5 Å². The summed E-state index contributed by atoms with van der Waals surface area (Å²) in [6.45, 7) is 0. The number of nitrogens with one attached hydrogen (secondary N) is 2. The first kappa shape index (κ1) is 11.7. The molecule has 0 bridgehead atoms. The van der Waals surface area contributed by atoms with E-state index in [1.54, 1.807) is 6.20 Å². The molecule has 0 spiro atoms. The Morgan fingerprint density at radius 1 is 1.73 bits per heavy atom. The standard InChI is InChI=1S/C7H13BN4O3/c9-6(1-5-2-10-4-12-5)7(13)11-3-8(14)15/h2,4,6,14-15H,1,3,9H2,(H,10,12)(H,11,13)/t6-/m0/s1. The second-order valence-electron chi connectivity index (χ2n) is 3.11. The number of rotatable bonds is 5. The molecular formula is C7H13BN4O3. The van der Waals surface area contributed by atoms with Crippen LogP contribution in [-0.4, -0.2) is 45.5 Å². The number of carbonyl (C=O) groups excluding carboxylic acids is 1. The Morgan fingerprint density at radius 2 is 2.47 bits per heavy atom. The Kier molecular flexibility index (Phi) is 4.28. The van der Waals surface area contributed by atoms with E-state index < -0.39 is 19.1 Å². The molecule has 0 fully saturated rings. The van der Waals surface area contributed by atoms with Gasteiger partial charge in [-0.15, -0.1) is 0 Å². The van der Waals surface area contributed by atoms with Gasteiger partial charge in [-0.3, -0.25) is 4.79 Å². The van der Waals surface area contributed by atoms with Gasteiger partial charge in [0.05, 0.1) is 18.8 Å². The fourth-order valence-corrected chi connectivity index (χ4v) is 1.05. The van der Waals surface area contributed by atoms with Crippen molar-refractivity contribution in [3.63, 3.8) is 0 Å². The summed E-state index contributed by atoms with van der Waals surface area (Å²) >= 11 is 0. The lowest BCUT2D eigenvalue weighted by molar-refractivity contribution is -0.122. The van der Waals surface area contributed by atoms with Gasteiger partial charge in [-0.05, 0) is 0 Å². The summed E-state index contributed by atoms with van der Waals surface area (Å²) in [6, 6.07) is -0.732. The molecule has 0 saturated heterocycles. The number of hydrogen-bond acceptors (Lipinski definition) is 5. The van der Waals surface area contributed by atoms with Crippen molar-refractivity contribution in [2.75, 3.05) is 6.44 Å².